The normalized spacial score (nSPS) is 12.9. The summed E-state index contributed by atoms with van der Waals surface area (Å²) in [7, 11) is 0. The van der Waals surface area contributed by atoms with Crippen molar-refractivity contribution in [1.82, 2.24) is 4.90 Å². The van der Waals surface area contributed by atoms with Crippen molar-refractivity contribution < 1.29 is 0 Å². The van der Waals surface area contributed by atoms with E-state index < -0.39 is 0 Å². The molecule has 0 aliphatic heterocycles. The van der Waals surface area contributed by atoms with Crippen LogP contribution in [-0.4, -0.2) is 10.9 Å². The Morgan fingerprint density at radius 3 is 1.86 bits per heavy atom. The molecule has 0 saturated carbocycles. The lowest BCUT2D eigenvalue weighted by Crippen LogP contribution is -2.33. The minimum atomic E-state index is 0.222. The number of hydrogen-bond acceptors (Lipinski definition) is 2. The summed E-state index contributed by atoms with van der Waals surface area (Å²) >= 11 is 0. The van der Waals surface area contributed by atoms with E-state index in [9.17, 15) is 0 Å². The number of allylic oxidation sites excluding steroid dienone is 1. The summed E-state index contributed by atoms with van der Waals surface area (Å²) in [5.41, 5.74) is 3.67. The molecule has 0 fully saturated rings. The maximum atomic E-state index is 8.90. The maximum absolute atomic E-state index is 8.90. The minimum Gasteiger partial charge on any atom is -0.288 e. The third-order valence-electron chi connectivity index (χ3n) is 3.96. The first-order valence-electron chi connectivity index (χ1n) is 7.59. The largest absolute Gasteiger partial charge is 0.288 e. The fraction of sp³-hybridized carbons (Fsp3) is 0.250. The van der Waals surface area contributed by atoms with Crippen molar-refractivity contribution in [2.45, 2.75) is 33.0 Å². The van der Waals surface area contributed by atoms with E-state index in [2.05, 4.69) is 66.4 Å². The molecule has 0 bridgehead atoms. The maximum Gasteiger partial charge on any atom is 0.0912 e. The Bertz CT molecular complexity index is 597. The van der Waals surface area contributed by atoms with Crippen molar-refractivity contribution in [1.29, 1.82) is 5.26 Å². The van der Waals surface area contributed by atoms with Gasteiger partial charge in [-0.1, -0.05) is 60.7 Å². The summed E-state index contributed by atoms with van der Waals surface area (Å²) in [6.45, 7) is 5.92. The van der Waals surface area contributed by atoms with Gasteiger partial charge in [-0.3, -0.25) is 4.90 Å². The average Bonchev–Trinajstić information content (AvgIpc) is 2.56. The number of nitrogens with zero attached hydrogens (tertiary/aromatic N) is 2. The second-order valence-electron chi connectivity index (χ2n) is 5.57. The Morgan fingerprint density at radius 2 is 1.45 bits per heavy atom. The van der Waals surface area contributed by atoms with Crippen LogP contribution in [0.25, 0.3) is 0 Å². The predicted molar refractivity (Wildman–Crippen MR) is 91.0 cm³/mol. The van der Waals surface area contributed by atoms with E-state index in [-0.39, 0.29) is 6.04 Å². The number of benzene rings is 2. The average molecular weight is 290 g/mol. The third kappa shape index (κ3) is 4.58. The first-order valence-corrected chi connectivity index (χ1v) is 7.59. The third-order valence-corrected chi connectivity index (χ3v) is 3.96. The molecular formula is C20H22N2. The number of hydrogen-bond donors (Lipinski definition) is 0. The monoisotopic (exact) mass is 290 g/mol. The lowest BCUT2D eigenvalue weighted by atomic mass is 10.1. The Hall–Kier alpha value is -2.37. The highest BCUT2D eigenvalue weighted by atomic mass is 15.1. The van der Waals surface area contributed by atoms with Crippen LogP contribution in [0.4, 0.5) is 0 Å². The lowest BCUT2D eigenvalue weighted by molar-refractivity contribution is 0.215. The molecule has 0 amide bonds. The highest BCUT2D eigenvalue weighted by molar-refractivity contribution is 5.21. The van der Waals surface area contributed by atoms with Crippen molar-refractivity contribution in [3.63, 3.8) is 0 Å². The molecule has 2 aromatic carbocycles. The molecule has 0 aliphatic carbocycles. The van der Waals surface area contributed by atoms with Crippen LogP contribution in [0.5, 0.6) is 0 Å². The van der Waals surface area contributed by atoms with E-state index in [1.165, 1.54) is 11.1 Å². The van der Waals surface area contributed by atoms with Crippen LogP contribution in [-0.2, 0) is 13.1 Å². The van der Waals surface area contributed by atoms with Crippen LogP contribution >= 0.6 is 0 Å². The van der Waals surface area contributed by atoms with Crippen molar-refractivity contribution in [3.8, 4) is 6.07 Å². The summed E-state index contributed by atoms with van der Waals surface area (Å²) in [5, 5.41) is 8.90. The number of rotatable bonds is 6. The standard InChI is InChI=1S/C20H22N2/c1-17(13-14-21)18(2)22(15-19-9-5-3-6-10-19)16-20-11-7-4-8-12-20/h3-13,18H,15-16H2,1-2H3/b17-13+/t18-/m1/s1. The van der Waals surface area contributed by atoms with Gasteiger partial charge in [-0.05, 0) is 30.5 Å². The Morgan fingerprint density at radius 1 is 1.00 bits per heavy atom. The molecule has 0 saturated heterocycles. The van der Waals surface area contributed by atoms with Crippen LogP contribution in [0.1, 0.15) is 25.0 Å². The van der Waals surface area contributed by atoms with Gasteiger partial charge in [0.15, 0.2) is 0 Å². The second kappa shape index (κ2) is 8.17. The van der Waals surface area contributed by atoms with Gasteiger partial charge in [0.25, 0.3) is 0 Å². The van der Waals surface area contributed by atoms with Crippen molar-refractivity contribution >= 4 is 0 Å². The smallest absolute Gasteiger partial charge is 0.0912 e. The molecule has 0 unspecified atom stereocenters. The van der Waals surface area contributed by atoms with E-state index in [0.29, 0.717) is 0 Å². The zero-order valence-electron chi connectivity index (χ0n) is 13.2. The van der Waals surface area contributed by atoms with Crippen LogP contribution in [0.3, 0.4) is 0 Å². The fourth-order valence-electron chi connectivity index (χ4n) is 2.48. The Kier molecular flexibility index (Phi) is 5.94. The van der Waals surface area contributed by atoms with Gasteiger partial charge in [0, 0.05) is 25.2 Å². The summed E-state index contributed by atoms with van der Waals surface area (Å²) in [5.74, 6) is 0. The van der Waals surface area contributed by atoms with Crippen LogP contribution in [0, 0.1) is 11.3 Å². The van der Waals surface area contributed by atoms with Gasteiger partial charge in [0.2, 0.25) is 0 Å². The van der Waals surface area contributed by atoms with Crippen molar-refractivity contribution in [2.24, 2.45) is 0 Å². The van der Waals surface area contributed by atoms with E-state index in [1.54, 1.807) is 6.08 Å². The lowest BCUT2D eigenvalue weighted by Gasteiger charge is -2.30. The van der Waals surface area contributed by atoms with E-state index in [4.69, 9.17) is 5.26 Å². The molecular weight excluding hydrogens is 268 g/mol. The molecule has 0 N–H and O–H groups in total. The fourth-order valence-corrected chi connectivity index (χ4v) is 2.48. The van der Waals surface area contributed by atoms with Crippen LogP contribution in [0.15, 0.2) is 72.3 Å². The SMILES string of the molecule is C/C(=C\C#N)[C@@H](C)N(Cc1ccccc1)Cc1ccccc1. The highest BCUT2D eigenvalue weighted by Crippen LogP contribution is 2.17. The van der Waals surface area contributed by atoms with Gasteiger partial charge in [0.05, 0.1) is 6.07 Å². The molecule has 2 rings (SSSR count). The summed E-state index contributed by atoms with van der Waals surface area (Å²) in [6.07, 6.45) is 1.65. The minimum absolute atomic E-state index is 0.222. The summed E-state index contributed by atoms with van der Waals surface area (Å²) < 4.78 is 0. The summed E-state index contributed by atoms with van der Waals surface area (Å²) in [6, 6.07) is 23.3. The van der Waals surface area contributed by atoms with E-state index in [1.807, 2.05) is 19.1 Å². The molecule has 2 nitrogen and oxygen atoms in total. The highest BCUT2D eigenvalue weighted by Gasteiger charge is 2.16. The quantitative estimate of drug-likeness (QED) is 0.730. The molecule has 1 atom stereocenters. The first-order chi connectivity index (χ1) is 10.7. The zero-order chi connectivity index (χ0) is 15.8. The van der Waals surface area contributed by atoms with Crippen LogP contribution in [0.2, 0.25) is 0 Å². The van der Waals surface area contributed by atoms with Crippen molar-refractivity contribution in [3.05, 3.63) is 83.4 Å². The van der Waals surface area contributed by atoms with Gasteiger partial charge in [-0.25, -0.2) is 0 Å². The summed E-state index contributed by atoms with van der Waals surface area (Å²) in [4.78, 5) is 2.40. The topological polar surface area (TPSA) is 27.0 Å². The molecule has 0 radical (unpaired) electrons. The number of nitriles is 1. The molecule has 22 heavy (non-hydrogen) atoms. The van der Waals surface area contributed by atoms with Crippen LogP contribution < -0.4 is 0 Å². The molecule has 2 heteroatoms. The van der Waals surface area contributed by atoms with Gasteiger partial charge in [-0.2, -0.15) is 5.26 Å². The molecule has 2 aromatic rings. The van der Waals surface area contributed by atoms with Crippen molar-refractivity contribution in [2.75, 3.05) is 0 Å². The predicted octanol–water partition coefficient (Wildman–Crippen LogP) is 4.55. The molecule has 0 spiro atoms. The van der Waals surface area contributed by atoms with E-state index in [0.717, 1.165) is 18.7 Å². The van der Waals surface area contributed by atoms with Gasteiger partial charge in [-0.15, -0.1) is 0 Å². The Labute approximate surface area is 133 Å². The second-order valence-corrected chi connectivity index (χ2v) is 5.57. The molecule has 0 aromatic heterocycles. The van der Waals surface area contributed by atoms with E-state index >= 15 is 0 Å². The van der Waals surface area contributed by atoms with Gasteiger partial charge in [0.1, 0.15) is 0 Å². The van der Waals surface area contributed by atoms with Gasteiger partial charge < -0.3 is 0 Å². The molecule has 112 valence electrons. The molecule has 0 heterocycles. The van der Waals surface area contributed by atoms with Gasteiger partial charge >= 0.3 is 0 Å². The zero-order valence-corrected chi connectivity index (χ0v) is 13.2. The molecule has 0 aliphatic rings. The Balaban J connectivity index is 2.20. The first kappa shape index (κ1) is 16.0.